The smallest absolute Gasteiger partial charge is 0.135 e. The zero-order valence-electron chi connectivity index (χ0n) is 12.5. The van der Waals surface area contributed by atoms with Crippen molar-refractivity contribution in [2.24, 2.45) is 17.8 Å². The first-order valence-electron chi connectivity index (χ1n) is 7.71. The Balaban J connectivity index is 2.04. The molecule has 5 atom stereocenters. The van der Waals surface area contributed by atoms with E-state index in [0.717, 1.165) is 24.3 Å². The van der Waals surface area contributed by atoms with Crippen molar-refractivity contribution in [3.63, 3.8) is 0 Å². The van der Waals surface area contributed by atoms with Crippen molar-refractivity contribution in [2.75, 3.05) is 0 Å². The minimum Gasteiger partial charge on any atom is -0.373 e. The van der Waals surface area contributed by atoms with Crippen LogP contribution in [0.2, 0.25) is 0 Å². The van der Waals surface area contributed by atoms with Gasteiger partial charge in [0.15, 0.2) is 0 Å². The lowest BCUT2D eigenvalue weighted by Crippen LogP contribution is -2.48. The Kier molecular flexibility index (Phi) is 3.50. The molecule has 0 aromatic rings. The Labute approximate surface area is 126 Å². The third-order valence-corrected chi connectivity index (χ3v) is 5.94. The van der Waals surface area contributed by atoms with Crippen LogP contribution in [-0.4, -0.2) is 21.8 Å². The van der Waals surface area contributed by atoms with Crippen LogP contribution >= 0.6 is 11.6 Å². The van der Waals surface area contributed by atoms with Gasteiger partial charge >= 0.3 is 0 Å². The van der Waals surface area contributed by atoms with Gasteiger partial charge in [0, 0.05) is 22.2 Å². The van der Waals surface area contributed by atoms with E-state index in [4.69, 9.17) is 11.6 Å². The fourth-order valence-corrected chi connectivity index (χ4v) is 5.01. The van der Waals surface area contributed by atoms with Gasteiger partial charge in [-0.25, -0.2) is 0 Å². The molecule has 0 aromatic carbocycles. The van der Waals surface area contributed by atoms with Gasteiger partial charge in [-0.1, -0.05) is 43.7 Å². The van der Waals surface area contributed by atoms with Crippen molar-refractivity contribution >= 4 is 11.6 Å². The van der Waals surface area contributed by atoms with Gasteiger partial charge < -0.3 is 10.0 Å². The summed E-state index contributed by atoms with van der Waals surface area (Å²) in [5.41, 5.74) is 1.24. The van der Waals surface area contributed by atoms with E-state index in [1.165, 1.54) is 5.70 Å². The van der Waals surface area contributed by atoms with Gasteiger partial charge in [-0.2, -0.15) is 0 Å². The monoisotopic (exact) mass is 293 g/mol. The third-order valence-electron chi connectivity index (χ3n) is 5.57. The fourth-order valence-electron chi connectivity index (χ4n) is 4.56. The van der Waals surface area contributed by atoms with E-state index < -0.39 is 6.23 Å². The average Bonchev–Trinajstić information content (AvgIpc) is 2.87. The highest BCUT2D eigenvalue weighted by atomic mass is 35.5. The SMILES string of the molecule is CCC1(C)[C@@H]2C(C)C=C(Cl)C2C(O)N1C1=CC=CCC1. The van der Waals surface area contributed by atoms with Crippen LogP contribution in [0.3, 0.4) is 0 Å². The van der Waals surface area contributed by atoms with Gasteiger partial charge in [0.2, 0.25) is 0 Å². The molecule has 0 amide bonds. The van der Waals surface area contributed by atoms with Crippen molar-refractivity contribution in [2.45, 2.75) is 51.8 Å². The van der Waals surface area contributed by atoms with Crippen molar-refractivity contribution < 1.29 is 5.11 Å². The summed E-state index contributed by atoms with van der Waals surface area (Å²) in [4.78, 5) is 2.26. The van der Waals surface area contributed by atoms with Gasteiger partial charge in [-0.15, -0.1) is 0 Å². The van der Waals surface area contributed by atoms with Crippen molar-refractivity contribution in [1.82, 2.24) is 4.90 Å². The summed E-state index contributed by atoms with van der Waals surface area (Å²) in [6.07, 6.45) is 11.2. The van der Waals surface area contributed by atoms with E-state index in [2.05, 4.69) is 50.0 Å². The fraction of sp³-hybridized carbons (Fsp3) is 0.647. The normalized spacial score (nSPS) is 43.5. The molecule has 2 aliphatic carbocycles. The minimum atomic E-state index is -0.489. The Morgan fingerprint density at radius 2 is 2.25 bits per heavy atom. The summed E-state index contributed by atoms with van der Waals surface area (Å²) in [6, 6.07) is 0. The van der Waals surface area contributed by atoms with Gasteiger partial charge in [0.1, 0.15) is 6.23 Å². The molecule has 1 saturated heterocycles. The number of aliphatic hydroxyl groups is 1. The Morgan fingerprint density at radius 3 is 2.85 bits per heavy atom. The molecule has 1 N–H and O–H groups in total. The first kappa shape index (κ1) is 14.2. The molecule has 3 heteroatoms. The van der Waals surface area contributed by atoms with Crippen LogP contribution in [0.1, 0.15) is 40.0 Å². The first-order chi connectivity index (χ1) is 9.50. The Morgan fingerprint density at radius 1 is 1.50 bits per heavy atom. The van der Waals surface area contributed by atoms with Crippen LogP contribution in [0.15, 0.2) is 35.0 Å². The summed E-state index contributed by atoms with van der Waals surface area (Å²) < 4.78 is 0. The summed E-state index contributed by atoms with van der Waals surface area (Å²) in [5.74, 6) is 0.905. The molecule has 20 heavy (non-hydrogen) atoms. The van der Waals surface area contributed by atoms with Crippen LogP contribution in [0, 0.1) is 17.8 Å². The number of hydrogen-bond acceptors (Lipinski definition) is 2. The van der Waals surface area contributed by atoms with Crippen LogP contribution in [0.25, 0.3) is 0 Å². The zero-order chi connectivity index (χ0) is 14.5. The number of allylic oxidation sites excluding steroid dienone is 5. The Hall–Kier alpha value is -0.730. The topological polar surface area (TPSA) is 23.5 Å². The first-order valence-corrected chi connectivity index (χ1v) is 8.09. The average molecular weight is 294 g/mol. The van der Waals surface area contributed by atoms with E-state index in [-0.39, 0.29) is 11.5 Å². The molecule has 2 nitrogen and oxygen atoms in total. The number of halogens is 1. The molecule has 0 bridgehead atoms. The summed E-state index contributed by atoms with van der Waals surface area (Å²) >= 11 is 6.43. The number of aliphatic hydroxyl groups excluding tert-OH is 1. The third kappa shape index (κ3) is 1.81. The standard InChI is InChI=1S/C17H24ClNO/c1-4-17(3)15-11(2)10-13(18)14(15)16(20)19(17)12-8-6-5-7-9-12/h5-6,8,10-11,14-16,20H,4,7,9H2,1-3H3/t11?,14?,15-,16?,17?/m1/s1. The molecule has 4 unspecified atom stereocenters. The summed E-state index contributed by atoms with van der Waals surface area (Å²) in [6.45, 7) is 6.74. The van der Waals surface area contributed by atoms with E-state index in [0.29, 0.717) is 11.8 Å². The summed E-state index contributed by atoms with van der Waals surface area (Å²) in [7, 11) is 0. The van der Waals surface area contributed by atoms with Crippen LogP contribution in [-0.2, 0) is 0 Å². The molecule has 0 saturated carbocycles. The van der Waals surface area contributed by atoms with Crippen molar-refractivity contribution in [3.8, 4) is 0 Å². The van der Waals surface area contributed by atoms with E-state index in [9.17, 15) is 5.11 Å². The second-order valence-electron chi connectivity index (χ2n) is 6.58. The van der Waals surface area contributed by atoms with Crippen LogP contribution in [0.4, 0.5) is 0 Å². The maximum atomic E-state index is 10.9. The lowest BCUT2D eigenvalue weighted by molar-refractivity contribution is -0.00434. The van der Waals surface area contributed by atoms with Crippen molar-refractivity contribution in [3.05, 3.63) is 35.0 Å². The predicted octanol–water partition coefficient (Wildman–Crippen LogP) is 4.03. The Bertz CT molecular complexity index is 495. The van der Waals surface area contributed by atoms with Crippen LogP contribution in [0.5, 0.6) is 0 Å². The molecule has 1 fully saturated rings. The highest BCUT2D eigenvalue weighted by molar-refractivity contribution is 6.30. The summed E-state index contributed by atoms with van der Waals surface area (Å²) in [5, 5.41) is 11.8. The highest BCUT2D eigenvalue weighted by Crippen LogP contribution is 2.57. The second kappa shape index (κ2) is 4.92. The zero-order valence-corrected chi connectivity index (χ0v) is 13.3. The number of rotatable bonds is 2. The molecule has 0 radical (unpaired) electrons. The molecule has 3 aliphatic rings. The highest BCUT2D eigenvalue weighted by Gasteiger charge is 2.59. The molecule has 0 aromatic heterocycles. The van der Waals surface area contributed by atoms with E-state index in [1.54, 1.807) is 0 Å². The number of likely N-dealkylation sites (tertiary alicyclic amines) is 1. The molecule has 3 rings (SSSR count). The van der Waals surface area contributed by atoms with Gasteiger partial charge in [0.05, 0.1) is 0 Å². The predicted molar refractivity (Wildman–Crippen MR) is 83.1 cm³/mol. The molecule has 1 heterocycles. The second-order valence-corrected chi connectivity index (χ2v) is 7.02. The van der Waals surface area contributed by atoms with Gasteiger partial charge in [-0.05, 0) is 44.1 Å². The largest absolute Gasteiger partial charge is 0.373 e. The van der Waals surface area contributed by atoms with E-state index >= 15 is 0 Å². The van der Waals surface area contributed by atoms with Gasteiger partial charge in [-0.3, -0.25) is 0 Å². The molecule has 0 spiro atoms. The van der Waals surface area contributed by atoms with Gasteiger partial charge in [0.25, 0.3) is 0 Å². The maximum Gasteiger partial charge on any atom is 0.135 e. The molecular formula is C17H24ClNO. The minimum absolute atomic E-state index is 0.0202. The quantitative estimate of drug-likeness (QED) is 0.831. The molecule has 110 valence electrons. The lowest BCUT2D eigenvalue weighted by atomic mass is 9.75. The molecule has 1 aliphatic heterocycles. The lowest BCUT2D eigenvalue weighted by Gasteiger charge is -2.43. The molecular weight excluding hydrogens is 270 g/mol. The van der Waals surface area contributed by atoms with Crippen molar-refractivity contribution in [1.29, 1.82) is 0 Å². The maximum absolute atomic E-state index is 10.9. The number of hydrogen-bond donors (Lipinski definition) is 1. The van der Waals surface area contributed by atoms with E-state index in [1.807, 2.05) is 0 Å². The number of fused-ring (bicyclic) bond motifs is 1. The number of nitrogens with zero attached hydrogens (tertiary/aromatic N) is 1. The van der Waals surface area contributed by atoms with Crippen LogP contribution < -0.4 is 0 Å².